The van der Waals surface area contributed by atoms with Crippen molar-refractivity contribution in [2.24, 2.45) is 0 Å². The molecular weight excluding hydrogens is 256 g/mol. The van der Waals surface area contributed by atoms with Gasteiger partial charge in [0, 0.05) is 13.6 Å². The lowest BCUT2D eigenvalue weighted by Crippen LogP contribution is -2.39. The van der Waals surface area contributed by atoms with Gasteiger partial charge >= 0.3 is 0 Å². The van der Waals surface area contributed by atoms with E-state index in [1.165, 1.54) is 7.05 Å². The Morgan fingerprint density at radius 3 is 2.53 bits per heavy atom. The van der Waals surface area contributed by atoms with Crippen LogP contribution in [0.15, 0.2) is 12.1 Å². The highest BCUT2D eigenvalue weighted by atomic mass is 19.1. The van der Waals surface area contributed by atoms with E-state index in [-0.39, 0.29) is 13.1 Å². The molecule has 0 aliphatic heterocycles. The third kappa shape index (κ3) is 3.40. The Morgan fingerprint density at radius 2 is 2.00 bits per heavy atom. The highest BCUT2D eigenvalue weighted by Gasteiger charge is 2.22. The van der Waals surface area contributed by atoms with Crippen LogP contribution in [0, 0.1) is 11.6 Å². The summed E-state index contributed by atoms with van der Waals surface area (Å²) in [6.45, 7) is 1.57. The summed E-state index contributed by atoms with van der Waals surface area (Å²) in [6.07, 6.45) is 0. The average molecular weight is 271 g/mol. The van der Waals surface area contributed by atoms with E-state index in [2.05, 4.69) is 5.32 Å². The summed E-state index contributed by atoms with van der Waals surface area (Å²) in [4.78, 5) is 24.4. The van der Waals surface area contributed by atoms with Crippen LogP contribution in [0.1, 0.15) is 17.3 Å². The van der Waals surface area contributed by atoms with Gasteiger partial charge < -0.3 is 16.0 Å². The molecule has 1 rings (SSSR count). The van der Waals surface area contributed by atoms with E-state index < -0.39 is 34.7 Å². The second-order valence-electron chi connectivity index (χ2n) is 3.85. The van der Waals surface area contributed by atoms with Crippen molar-refractivity contribution >= 4 is 17.5 Å². The molecule has 0 saturated heterocycles. The number of hydrogen-bond donors (Lipinski definition) is 2. The number of hydrogen-bond acceptors (Lipinski definition) is 3. The molecule has 5 nitrogen and oxygen atoms in total. The van der Waals surface area contributed by atoms with E-state index in [0.717, 1.165) is 17.0 Å². The third-order valence-electron chi connectivity index (χ3n) is 2.58. The molecule has 0 heterocycles. The maximum absolute atomic E-state index is 13.7. The quantitative estimate of drug-likeness (QED) is 0.794. The second-order valence-corrected chi connectivity index (χ2v) is 3.85. The Kier molecular flexibility index (Phi) is 4.80. The number of nitrogens with one attached hydrogen (secondary N) is 1. The summed E-state index contributed by atoms with van der Waals surface area (Å²) in [7, 11) is 1.42. The van der Waals surface area contributed by atoms with E-state index >= 15 is 0 Å². The topological polar surface area (TPSA) is 75.4 Å². The minimum Gasteiger partial charge on any atom is -0.396 e. The van der Waals surface area contributed by atoms with Gasteiger partial charge in [0.25, 0.3) is 5.91 Å². The number of carbonyl (C=O) groups is 2. The maximum atomic E-state index is 13.7. The van der Waals surface area contributed by atoms with Gasteiger partial charge in [0.1, 0.15) is 5.82 Å². The molecule has 0 fully saturated rings. The minimum absolute atomic E-state index is 0.183. The number of nitrogens with two attached hydrogens (primary N) is 1. The lowest BCUT2D eigenvalue weighted by Gasteiger charge is -2.20. The summed E-state index contributed by atoms with van der Waals surface area (Å²) >= 11 is 0. The molecule has 0 aliphatic carbocycles. The molecule has 7 heteroatoms. The molecular formula is C12H15F2N3O2. The van der Waals surface area contributed by atoms with Gasteiger partial charge in [0.05, 0.1) is 17.8 Å². The molecule has 104 valence electrons. The lowest BCUT2D eigenvalue weighted by molar-refractivity contribution is -0.121. The number of likely N-dealkylation sites (N-methyl/N-ethyl adjacent to an activating group) is 2. The van der Waals surface area contributed by atoms with Crippen molar-refractivity contribution in [1.29, 1.82) is 0 Å². The van der Waals surface area contributed by atoms with Crippen molar-refractivity contribution in [3.8, 4) is 0 Å². The molecule has 0 atom stereocenters. The zero-order valence-electron chi connectivity index (χ0n) is 10.7. The van der Waals surface area contributed by atoms with Gasteiger partial charge in [0.15, 0.2) is 5.82 Å². The predicted octanol–water partition coefficient (Wildman–Crippen LogP) is 0.755. The van der Waals surface area contributed by atoms with Crippen LogP contribution in [-0.2, 0) is 4.79 Å². The molecule has 0 unspecified atom stereocenters. The number of rotatable bonds is 4. The normalized spacial score (nSPS) is 10.1. The van der Waals surface area contributed by atoms with Gasteiger partial charge in [-0.15, -0.1) is 0 Å². The monoisotopic (exact) mass is 271 g/mol. The van der Waals surface area contributed by atoms with Crippen LogP contribution < -0.4 is 11.1 Å². The van der Waals surface area contributed by atoms with E-state index in [9.17, 15) is 18.4 Å². The first kappa shape index (κ1) is 14.9. The second kappa shape index (κ2) is 6.12. The molecule has 3 N–H and O–H groups in total. The van der Waals surface area contributed by atoms with Crippen LogP contribution >= 0.6 is 0 Å². The zero-order chi connectivity index (χ0) is 14.6. The molecule has 2 amide bonds. The minimum atomic E-state index is -0.984. The maximum Gasteiger partial charge on any atom is 0.257 e. The number of benzene rings is 1. The highest BCUT2D eigenvalue weighted by molar-refractivity contribution is 5.97. The molecule has 0 aliphatic rings. The first-order chi connectivity index (χ1) is 8.90. The smallest absolute Gasteiger partial charge is 0.257 e. The summed E-state index contributed by atoms with van der Waals surface area (Å²) in [5, 5.41) is 2.35. The molecule has 1 aromatic carbocycles. The first-order valence-corrected chi connectivity index (χ1v) is 5.65. The Morgan fingerprint density at radius 1 is 1.37 bits per heavy atom. The number of nitrogen functional groups attached to an aromatic ring is 1. The summed E-state index contributed by atoms with van der Waals surface area (Å²) < 4.78 is 26.9. The molecule has 0 aromatic heterocycles. The first-order valence-electron chi connectivity index (χ1n) is 5.65. The fraction of sp³-hybridized carbons (Fsp3) is 0.333. The van der Waals surface area contributed by atoms with E-state index in [4.69, 9.17) is 5.73 Å². The highest BCUT2D eigenvalue weighted by Crippen LogP contribution is 2.19. The summed E-state index contributed by atoms with van der Waals surface area (Å²) in [5.74, 6) is -2.98. The van der Waals surface area contributed by atoms with Crippen molar-refractivity contribution in [2.75, 3.05) is 25.9 Å². The average Bonchev–Trinajstić information content (AvgIpc) is 2.38. The largest absolute Gasteiger partial charge is 0.396 e. The number of halogens is 2. The molecule has 0 radical (unpaired) electrons. The Bertz CT molecular complexity index is 506. The fourth-order valence-electron chi connectivity index (χ4n) is 1.52. The van der Waals surface area contributed by atoms with E-state index in [1.54, 1.807) is 6.92 Å². The van der Waals surface area contributed by atoms with Crippen molar-refractivity contribution in [3.05, 3.63) is 29.3 Å². The van der Waals surface area contributed by atoms with E-state index in [1.807, 2.05) is 0 Å². The van der Waals surface area contributed by atoms with Crippen molar-refractivity contribution in [3.63, 3.8) is 0 Å². The van der Waals surface area contributed by atoms with Crippen LogP contribution in [0.4, 0.5) is 14.5 Å². The number of anilines is 1. The van der Waals surface area contributed by atoms with Gasteiger partial charge in [0.2, 0.25) is 5.91 Å². The van der Waals surface area contributed by atoms with Crippen molar-refractivity contribution < 1.29 is 18.4 Å². The van der Waals surface area contributed by atoms with Crippen LogP contribution in [0.2, 0.25) is 0 Å². The number of nitrogens with zero attached hydrogens (tertiary/aromatic N) is 1. The molecule has 19 heavy (non-hydrogen) atoms. The van der Waals surface area contributed by atoms with Gasteiger partial charge in [-0.1, -0.05) is 0 Å². The Labute approximate surface area is 109 Å². The van der Waals surface area contributed by atoms with Gasteiger partial charge in [-0.3, -0.25) is 9.59 Å². The Balaban J connectivity index is 3.07. The summed E-state index contributed by atoms with van der Waals surface area (Å²) in [6, 6.07) is 1.56. The molecule has 0 bridgehead atoms. The van der Waals surface area contributed by atoms with Crippen molar-refractivity contribution in [2.45, 2.75) is 6.92 Å². The van der Waals surface area contributed by atoms with Crippen molar-refractivity contribution in [1.82, 2.24) is 10.2 Å². The Hall–Kier alpha value is -2.18. The van der Waals surface area contributed by atoms with Crippen LogP contribution in [0.5, 0.6) is 0 Å². The zero-order valence-corrected chi connectivity index (χ0v) is 10.7. The molecule has 0 saturated carbocycles. The van der Waals surface area contributed by atoms with Gasteiger partial charge in [-0.25, -0.2) is 8.78 Å². The van der Waals surface area contributed by atoms with E-state index in [0.29, 0.717) is 0 Å². The number of carbonyl (C=O) groups excluding carboxylic acids is 2. The molecule has 1 aromatic rings. The van der Waals surface area contributed by atoms with Crippen LogP contribution in [0.3, 0.4) is 0 Å². The van der Waals surface area contributed by atoms with Crippen LogP contribution in [0.25, 0.3) is 0 Å². The SMILES string of the molecule is CCN(CC(=O)NC)C(=O)c1cc(F)cc(N)c1F. The lowest BCUT2D eigenvalue weighted by atomic mass is 10.1. The summed E-state index contributed by atoms with van der Waals surface area (Å²) in [5.41, 5.74) is 4.34. The van der Waals surface area contributed by atoms with Gasteiger partial charge in [-0.2, -0.15) is 0 Å². The number of amides is 2. The molecule has 0 spiro atoms. The third-order valence-corrected chi connectivity index (χ3v) is 2.58. The van der Waals surface area contributed by atoms with Crippen LogP contribution in [-0.4, -0.2) is 36.9 Å². The standard InChI is InChI=1S/C12H15F2N3O2/c1-3-17(6-10(18)16-2)12(19)8-4-7(13)5-9(15)11(8)14/h4-5H,3,6,15H2,1-2H3,(H,16,18). The predicted molar refractivity (Wildman–Crippen MR) is 66.4 cm³/mol. The van der Waals surface area contributed by atoms with Gasteiger partial charge in [-0.05, 0) is 19.1 Å². The fourth-order valence-corrected chi connectivity index (χ4v) is 1.52.